The molecule has 2 fully saturated rings. The van der Waals surface area contributed by atoms with E-state index in [0.717, 1.165) is 12.8 Å². The summed E-state index contributed by atoms with van der Waals surface area (Å²) in [6.07, 6.45) is 6.06. The molecule has 2 aliphatic rings. The molecule has 3 aromatic rings. The van der Waals surface area contributed by atoms with E-state index in [0.29, 0.717) is 42.2 Å². The van der Waals surface area contributed by atoms with E-state index in [1.54, 1.807) is 6.20 Å². The first-order valence-electron chi connectivity index (χ1n) is 12.2. The maximum atomic E-state index is 15.6. The maximum absolute atomic E-state index is 15.6. The predicted molar refractivity (Wildman–Crippen MR) is 139 cm³/mol. The lowest BCUT2D eigenvalue weighted by molar-refractivity contribution is -0.384. The molecule has 10 heteroatoms. The molecular formula is C27H27FN4O5. The molecule has 37 heavy (non-hydrogen) atoms. The second-order valence-corrected chi connectivity index (χ2v) is 9.49. The van der Waals surface area contributed by atoms with Crippen LogP contribution in [0.5, 0.6) is 5.75 Å². The molecule has 0 radical (unpaired) electrons. The minimum atomic E-state index is -0.567. The number of allylic oxidation sites excluding steroid dienone is 1. The van der Waals surface area contributed by atoms with Gasteiger partial charge >= 0.3 is 0 Å². The van der Waals surface area contributed by atoms with Gasteiger partial charge in [0.15, 0.2) is 17.3 Å². The number of nitro groups is 1. The van der Waals surface area contributed by atoms with Gasteiger partial charge < -0.3 is 19.5 Å². The molecule has 1 saturated carbocycles. The minimum Gasteiger partial charge on any atom is -0.492 e. The van der Waals surface area contributed by atoms with E-state index < -0.39 is 22.0 Å². The molecule has 0 amide bonds. The van der Waals surface area contributed by atoms with Crippen LogP contribution in [0.2, 0.25) is 0 Å². The van der Waals surface area contributed by atoms with Gasteiger partial charge in [0.2, 0.25) is 5.43 Å². The summed E-state index contributed by atoms with van der Waals surface area (Å²) in [5.41, 5.74) is 0.703. The molecule has 1 N–H and O–H groups in total. The van der Waals surface area contributed by atoms with Gasteiger partial charge in [0, 0.05) is 50.0 Å². The number of nitrogens with zero attached hydrogens (tertiary/aromatic N) is 3. The number of nitrogens with one attached hydrogen (secondary N) is 1. The fraction of sp³-hybridized carbons (Fsp3) is 0.333. The molecule has 0 spiro atoms. The Kier molecular flexibility index (Phi) is 6.51. The van der Waals surface area contributed by atoms with Gasteiger partial charge in [-0.15, -0.1) is 0 Å². The van der Waals surface area contributed by atoms with Crippen molar-refractivity contribution in [2.75, 3.05) is 31.6 Å². The second kappa shape index (κ2) is 9.78. The van der Waals surface area contributed by atoms with Crippen molar-refractivity contribution < 1.29 is 18.8 Å². The molecule has 1 saturated heterocycles. The van der Waals surface area contributed by atoms with Crippen LogP contribution >= 0.6 is 0 Å². The molecule has 1 unspecified atom stereocenters. The quantitative estimate of drug-likeness (QED) is 0.223. The highest BCUT2D eigenvalue weighted by atomic mass is 19.1. The summed E-state index contributed by atoms with van der Waals surface area (Å²) in [6, 6.07) is 7.19. The number of ether oxygens (including phenoxy) is 1. The summed E-state index contributed by atoms with van der Waals surface area (Å²) < 4.78 is 23.2. The summed E-state index contributed by atoms with van der Waals surface area (Å²) in [7, 11) is 1.47. The Morgan fingerprint density at radius 1 is 1.27 bits per heavy atom. The van der Waals surface area contributed by atoms with Gasteiger partial charge in [0.25, 0.3) is 5.69 Å². The Labute approximate surface area is 212 Å². The summed E-state index contributed by atoms with van der Waals surface area (Å²) in [5, 5.41) is 14.3. The van der Waals surface area contributed by atoms with E-state index >= 15 is 4.39 Å². The molecule has 1 atom stereocenters. The van der Waals surface area contributed by atoms with Crippen molar-refractivity contribution in [3.8, 4) is 5.75 Å². The van der Waals surface area contributed by atoms with Gasteiger partial charge in [0.1, 0.15) is 5.69 Å². The molecular weight excluding hydrogens is 479 g/mol. The normalized spacial score (nSPS) is 17.9. The highest BCUT2D eigenvalue weighted by molar-refractivity contribution is 6.08. The highest BCUT2D eigenvalue weighted by Crippen LogP contribution is 2.43. The largest absolute Gasteiger partial charge is 0.492 e. The van der Waals surface area contributed by atoms with E-state index in [-0.39, 0.29) is 28.7 Å². The summed E-state index contributed by atoms with van der Waals surface area (Å²) in [4.78, 5) is 38.8. The number of nitro benzene ring substituents is 1. The topological polar surface area (TPSA) is 107 Å². The van der Waals surface area contributed by atoms with E-state index in [2.05, 4.69) is 5.32 Å². The predicted octanol–water partition coefficient (Wildman–Crippen LogP) is 4.09. The number of aromatic nitrogens is 1. The Morgan fingerprint density at radius 2 is 2.00 bits per heavy atom. The molecule has 0 bridgehead atoms. The third-order valence-electron chi connectivity index (χ3n) is 6.82. The molecule has 192 valence electrons. The first kappa shape index (κ1) is 24.6. The molecule has 2 heterocycles. The van der Waals surface area contributed by atoms with Crippen LogP contribution in [0.15, 0.2) is 47.4 Å². The van der Waals surface area contributed by atoms with E-state index in [1.165, 1.54) is 49.6 Å². The van der Waals surface area contributed by atoms with Crippen molar-refractivity contribution >= 4 is 34.1 Å². The molecule has 9 nitrogen and oxygen atoms in total. The number of benzene rings is 2. The standard InChI is InChI=1S/C27H27FN4O5/c1-16-14-30(12-11-29-16)25-22(28)13-20-24(27(25)37-2)31(18-8-9-18)15-21(26(20)34)23(33)10-5-17-3-6-19(7-4-17)32(35)36/h3-7,10,13,15-16,18,29H,8-9,11-12,14H2,1-2H3. The number of carbonyl (C=O) groups is 1. The summed E-state index contributed by atoms with van der Waals surface area (Å²) in [5.74, 6) is -0.795. The van der Waals surface area contributed by atoms with E-state index in [4.69, 9.17) is 4.74 Å². The van der Waals surface area contributed by atoms with Crippen LogP contribution in [0.1, 0.15) is 41.7 Å². The number of hydrogen-bond acceptors (Lipinski definition) is 7. The van der Waals surface area contributed by atoms with E-state index in [1.807, 2.05) is 16.4 Å². The number of anilines is 1. The minimum absolute atomic E-state index is 0.0593. The third kappa shape index (κ3) is 4.72. The zero-order chi connectivity index (χ0) is 26.3. The van der Waals surface area contributed by atoms with Gasteiger partial charge in [-0.2, -0.15) is 0 Å². The smallest absolute Gasteiger partial charge is 0.269 e. The van der Waals surface area contributed by atoms with Crippen molar-refractivity contribution in [3.63, 3.8) is 0 Å². The van der Waals surface area contributed by atoms with Gasteiger partial charge in [-0.05, 0) is 49.6 Å². The highest BCUT2D eigenvalue weighted by Gasteiger charge is 2.31. The monoisotopic (exact) mass is 506 g/mol. The lowest BCUT2D eigenvalue weighted by Gasteiger charge is -2.35. The first-order valence-corrected chi connectivity index (χ1v) is 12.2. The number of carbonyl (C=O) groups excluding carboxylic acids is 1. The van der Waals surface area contributed by atoms with Crippen LogP contribution in [-0.4, -0.2) is 48.1 Å². The molecule has 1 aliphatic heterocycles. The average Bonchev–Trinajstić information content (AvgIpc) is 3.73. The van der Waals surface area contributed by atoms with Crippen molar-refractivity contribution in [3.05, 3.63) is 79.9 Å². The van der Waals surface area contributed by atoms with Gasteiger partial charge in [-0.1, -0.05) is 6.08 Å². The fourth-order valence-electron chi connectivity index (χ4n) is 4.85. The Morgan fingerprint density at radius 3 is 2.62 bits per heavy atom. The van der Waals surface area contributed by atoms with Crippen LogP contribution in [-0.2, 0) is 0 Å². The molecule has 1 aliphatic carbocycles. The molecule has 2 aromatic carbocycles. The SMILES string of the molecule is COc1c(N2CCNC(C)C2)c(F)cc2c(=O)c(C(=O)C=Cc3ccc([N+](=O)[O-])cc3)cn(C3CC3)c12. The van der Waals surface area contributed by atoms with Crippen LogP contribution < -0.4 is 20.4 Å². The zero-order valence-corrected chi connectivity index (χ0v) is 20.6. The number of non-ortho nitro benzene ring substituents is 1. The number of halogens is 1. The maximum Gasteiger partial charge on any atom is 0.269 e. The van der Waals surface area contributed by atoms with Gasteiger partial charge in [-0.25, -0.2) is 4.39 Å². The first-order chi connectivity index (χ1) is 17.8. The number of methoxy groups -OCH3 is 1. The zero-order valence-electron chi connectivity index (χ0n) is 20.6. The Balaban J connectivity index is 1.59. The number of fused-ring (bicyclic) bond motifs is 1. The van der Waals surface area contributed by atoms with Crippen LogP contribution in [0.3, 0.4) is 0 Å². The average molecular weight is 507 g/mol. The Hall–Kier alpha value is -4.05. The van der Waals surface area contributed by atoms with Crippen molar-refractivity contribution in [2.24, 2.45) is 0 Å². The Bertz CT molecular complexity index is 1480. The van der Waals surface area contributed by atoms with Crippen molar-refractivity contribution in [1.29, 1.82) is 0 Å². The number of rotatable bonds is 7. The molecule has 5 rings (SSSR count). The molecule has 1 aromatic heterocycles. The summed E-state index contributed by atoms with van der Waals surface area (Å²) >= 11 is 0. The third-order valence-corrected chi connectivity index (χ3v) is 6.82. The number of pyridine rings is 1. The van der Waals surface area contributed by atoms with Crippen molar-refractivity contribution in [2.45, 2.75) is 31.8 Å². The van der Waals surface area contributed by atoms with Gasteiger partial charge in [-0.3, -0.25) is 19.7 Å². The van der Waals surface area contributed by atoms with E-state index in [9.17, 15) is 19.7 Å². The van der Waals surface area contributed by atoms with Crippen LogP contribution in [0.25, 0.3) is 17.0 Å². The summed E-state index contributed by atoms with van der Waals surface area (Å²) in [6.45, 7) is 3.92. The number of piperazine rings is 1. The van der Waals surface area contributed by atoms with Crippen LogP contribution in [0.4, 0.5) is 15.8 Å². The lowest BCUT2D eigenvalue weighted by Crippen LogP contribution is -2.49. The number of ketones is 1. The lowest BCUT2D eigenvalue weighted by atomic mass is 10.0. The number of hydrogen-bond donors (Lipinski definition) is 1. The fourth-order valence-corrected chi connectivity index (χ4v) is 4.85. The van der Waals surface area contributed by atoms with Gasteiger partial charge in [0.05, 0.1) is 28.5 Å². The van der Waals surface area contributed by atoms with Crippen LogP contribution in [0, 0.1) is 15.9 Å². The van der Waals surface area contributed by atoms with Crippen molar-refractivity contribution in [1.82, 2.24) is 9.88 Å². The second-order valence-electron chi connectivity index (χ2n) is 9.49.